The van der Waals surface area contributed by atoms with Crippen LogP contribution in [0.25, 0.3) is 0 Å². The standard InChI is InChI=1S/C8H7N3O2/c1-13-8(12)7-6(10)3-2-5(4-9)11-7/h2-3H,10H2,1H3. The van der Waals surface area contributed by atoms with Crippen LogP contribution in [0, 0.1) is 11.3 Å². The molecule has 1 aromatic rings. The first-order valence-corrected chi connectivity index (χ1v) is 3.44. The number of nitrogens with two attached hydrogens (primary N) is 1. The number of methoxy groups -OCH3 is 1. The molecule has 0 bridgehead atoms. The van der Waals surface area contributed by atoms with Gasteiger partial charge in [0.15, 0.2) is 5.69 Å². The zero-order valence-corrected chi connectivity index (χ0v) is 6.94. The third kappa shape index (κ3) is 1.73. The van der Waals surface area contributed by atoms with Gasteiger partial charge in [-0.3, -0.25) is 0 Å². The third-order valence-electron chi connectivity index (χ3n) is 1.42. The van der Waals surface area contributed by atoms with Crippen LogP contribution in [-0.2, 0) is 4.74 Å². The van der Waals surface area contributed by atoms with Gasteiger partial charge in [-0.05, 0) is 12.1 Å². The van der Waals surface area contributed by atoms with E-state index in [-0.39, 0.29) is 17.1 Å². The molecule has 0 spiro atoms. The van der Waals surface area contributed by atoms with Gasteiger partial charge in [-0.25, -0.2) is 9.78 Å². The summed E-state index contributed by atoms with van der Waals surface area (Å²) in [4.78, 5) is 14.7. The number of anilines is 1. The molecule has 1 aromatic heterocycles. The van der Waals surface area contributed by atoms with E-state index in [4.69, 9.17) is 11.0 Å². The molecule has 0 unspecified atom stereocenters. The van der Waals surface area contributed by atoms with Gasteiger partial charge in [-0.2, -0.15) is 5.26 Å². The average molecular weight is 177 g/mol. The molecule has 0 aromatic carbocycles. The number of nitrogens with zero attached hydrogens (tertiary/aromatic N) is 2. The summed E-state index contributed by atoms with van der Waals surface area (Å²) in [6.45, 7) is 0. The van der Waals surface area contributed by atoms with Gasteiger partial charge in [0.1, 0.15) is 11.8 Å². The van der Waals surface area contributed by atoms with Crippen LogP contribution in [0.1, 0.15) is 16.2 Å². The normalized spacial score (nSPS) is 8.92. The lowest BCUT2D eigenvalue weighted by atomic mass is 10.2. The molecular formula is C8H7N3O2. The Balaban J connectivity index is 3.20. The summed E-state index contributed by atoms with van der Waals surface area (Å²) >= 11 is 0. The Labute approximate surface area is 74.8 Å². The van der Waals surface area contributed by atoms with E-state index in [9.17, 15) is 4.79 Å². The van der Waals surface area contributed by atoms with Gasteiger partial charge in [0.05, 0.1) is 12.8 Å². The summed E-state index contributed by atoms with van der Waals surface area (Å²) in [5.41, 5.74) is 5.76. The number of ether oxygens (including phenoxy) is 1. The first-order chi connectivity index (χ1) is 6.19. The minimum absolute atomic E-state index is 0.0263. The summed E-state index contributed by atoms with van der Waals surface area (Å²) in [6.07, 6.45) is 0. The molecule has 13 heavy (non-hydrogen) atoms. The minimum Gasteiger partial charge on any atom is -0.464 e. The van der Waals surface area contributed by atoms with E-state index in [1.807, 2.05) is 0 Å². The lowest BCUT2D eigenvalue weighted by Gasteiger charge is -2.01. The number of esters is 1. The predicted octanol–water partition coefficient (Wildman–Crippen LogP) is 0.322. The average Bonchev–Trinajstić information content (AvgIpc) is 2.17. The number of hydrogen-bond acceptors (Lipinski definition) is 5. The van der Waals surface area contributed by atoms with E-state index < -0.39 is 5.97 Å². The highest BCUT2D eigenvalue weighted by molar-refractivity contribution is 5.92. The third-order valence-corrected chi connectivity index (χ3v) is 1.42. The Morgan fingerprint density at radius 2 is 2.38 bits per heavy atom. The maximum atomic E-state index is 11.0. The van der Waals surface area contributed by atoms with E-state index in [0.717, 1.165) is 0 Å². The molecule has 2 N–H and O–H groups in total. The predicted molar refractivity (Wildman–Crippen MR) is 44.7 cm³/mol. The molecule has 1 heterocycles. The molecule has 0 aliphatic rings. The smallest absolute Gasteiger partial charge is 0.358 e. The summed E-state index contributed by atoms with van der Waals surface area (Å²) < 4.78 is 4.43. The van der Waals surface area contributed by atoms with E-state index in [1.54, 1.807) is 6.07 Å². The topological polar surface area (TPSA) is 89.0 Å². The lowest BCUT2D eigenvalue weighted by Crippen LogP contribution is -2.09. The molecule has 5 nitrogen and oxygen atoms in total. The molecule has 0 aliphatic heterocycles. The summed E-state index contributed by atoms with van der Waals surface area (Å²) in [5.74, 6) is -0.644. The minimum atomic E-state index is -0.644. The second kappa shape index (κ2) is 3.54. The van der Waals surface area contributed by atoms with Crippen molar-refractivity contribution >= 4 is 11.7 Å². The van der Waals surface area contributed by atoms with Crippen LogP contribution in [0.2, 0.25) is 0 Å². The van der Waals surface area contributed by atoms with Gasteiger partial charge in [0, 0.05) is 0 Å². The van der Waals surface area contributed by atoms with Crippen LogP contribution in [0.15, 0.2) is 12.1 Å². The van der Waals surface area contributed by atoms with Crippen molar-refractivity contribution in [3.05, 3.63) is 23.5 Å². The highest BCUT2D eigenvalue weighted by Gasteiger charge is 2.12. The van der Waals surface area contributed by atoms with Gasteiger partial charge in [-0.1, -0.05) is 0 Å². The molecule has 5 heteroatoms. The van der Waals surface area contributed by atoms with E-state index in [1.165, 1.54) is 19.2 Å². The molecule has 0 atom stereocenters. The molecule has 66 valence electrons. The number of pyridine rings is 1. The number of carbonyl (C=O) groups excluding carboxylic acids is 1. The fourth-order valence-corrected chi connectivity index (χ4v) is 0.792. The lowest BCUT2D eigenvalue weighted by molar-refractivity contribution is 0.0595. The van der Waals surface area contributed by atoms with Crippen LogP contribution < -0.4 is 5.73 Å². The van der Waals surface area contributed by atoms with Crippen molar-refractivity contribution in [2.24, 2.45) is 0 Å². The Bertz CT molecular complexity index is 381. The number of aromatic nitrogens is 1. The highest BCUT2D eigenvalue weighted by Crippen LogP contribution is 2.10. The van der Waals surface area contributed by atoms with Gasteiger partial charge in [0.25, 0.3) is 0 Å². The van der Waals surface area contributed by atoms with Crippen LogP contribution in [0.4, 0.5) is 5.69 Å². The molecule has 1 rings (SSSR count). The van der Waals surface area contributed by atoms with E-state index >= 15 is 0 Å². The van der Waals surface area contributed by atoms with E-state index in [2.05, 4.69) is 9.72 Å². The van der Waals surface area contributed by atoms with Crippen LogP contribution in [-0.4, -0.2) is 18.1 Å². The van der Waals surface area contributed by atoms with Crippen LogP contribution in [0.5, 0.6) is 0 Å². The van der Waals surface area contributed by atoms with Gasteiger partial charge in [0.2, 0.25) is 0 Å². The number of nitrogen functional groups attached to an aromatic ring is 1. The summed E-state index contributed by atoms with van der Waals surface area (Å²) in [6, 6.07) is 4.67. The zero-order valence-electron chi connectivity index (χ0n) is 6.94. The molecule has 0 saturated carbocycles. The van der Waals surface area contributed by atoms with Crippen LogP contribution >= 0.6 is 0 Å². The molecule has 0 radical (unpaired) electrons. The van der Waals surface area contributed by atoms with Gasteiger partial charge in [-0.15, -0.1) is 0 Å². The number of carbonyl (C=O) groups is 1. The largest absolute Gasteiger partial charge is 0.464 e. The monoisotopic (exact) mass is 177 g/mol. The molecular weight excluding hydrogens is 170 g/mol. The maximum Gasteiger partial charge on any atom is 0.358 e. The summed E-state index contributed by atoms with van der Waals surface area (Å²) in [7, 11) is 1.22. The van der Waals surface area contributed by atoms with Crippen molar-refractivity contribution in [1.82, 2.24) is 4.98 Å². The van der Waals surface area contributed by atoms with Crippen LogP contribution in [0.3, 0.4) is 0 Å². The van der Waals surface area contributed by atoms with Gasteiger partial charge < -0.3 is 10.5 Å². The Morgan fingerprint density at radius 3 is 2.92 bits per heavy atom. The Morgan fingerprint density at radius 1 is 1.69 bits per heavy atom. The number of nitriles is 1. The number of rotatable bonds is 1. The van der Waals surface area contributed by atoms with Gasteiger partial charge >= 0.3 is 5.97 Å². The first-order valence-electron chi connectivity index (χ1n) is 3.44. The molecule has 0 aliphatic carbocycles. The maximum absolute atomic E-state index is 11.0. The Kier molecular flexibility index (Phi) is 2.45. The SMILES string of the molecule is COC(=O)c1nc(C#N)ccc1N. The van der Waals surface area contributed by atoms with Crippen molar-refractivity contribution < 1.29 is 9.53 Å². The fraction of sp³-hybridized carbons (Fsp3) is 0.125. The number of hydrogen-bond donors (Lipinski definition) is 1. The van der Waals surface area contributed by atoms with Crippen molar-refractivity contribution in [3.63, 3.8) is 0 Å². The summed E-state index contributed by atoms with van der Waals surface area (Å²) in [5, 5.41) is 8.50. The highest BCUT2D eigenvalue weighted by atomic mass is 16.5. The van der Waals surface area contributed by atoms with Crippen molar-refractivity contribution in [3.8, 4) is 6.07 Å². The zero-order chi connectivity index (χ0) is 9.84. The quantitative estimate of drug-likeness (QED) is 0.624. The van der Waals surface area contributed by atoms with E-state index in [0.29, 0.717) is 0 Å². The second-order valence-electron chi connectivity index (χ2n) is 2.24. The molecule has 0 saturated heterocycles. The molecule has 0 amide bonds. The Hall–Kier alpha value is -2.09. The van der Waals surface area contributed by atoms with Crippen molar-refractivity contribution in [2.75, 3.05) is 12.8 Å². The fourth-order valence-electron chi connectivity index (χ4n) is 0.792. The second-order valence-corrected chi connectivity index (χ2v) is 2.24. The first kappa shape index (κ1) is 9.00. The van der Waals surface area contributed by atoms with Crippen molar-refractivity contribution in [2.45, 2.75) is 0 Å². The molecule has 0 fully saturated rings. The van der Waals surface area contributed by atoms with Crippen molar-refractivity contribution in [1.29, 1.82) is 5.26 Å².